The SMILES string of the molecule is O=C(O)c1ccc(N2CCNc3ccccc32)nc1. The van der Waals surface area contributed by atoms with Crippen LogP contribution in [0.15, 0.2) is 42.6 Å². The van der Waals surface area contributed by atoms with E-state index in [9.17, 15) is 4.79 Å². The van der Waals surface area contributed by atoms with Gasteiger partial charge >= 0.3 is 5.97 Å². The number of carbonyl (C=O) groups is 1. The first-order valence-electron chi connectivity index (χ1n) is 6.05. The summed E-state index contributed by atoms with van der Waals surface area (Å²) in [6, 6.07) is 11.3. The molecule has 96 valence electrons. The molecule has 1 aliphatic rings. The summed E-state index contributed by atoms with van der Waals surface area (Å²) in [6.07, 6.45) is 1.39. The van der Waals surface area contributed by atoms with E-state index >= 15 is 0 Å². The molecule has 2 aromatic rings. The lowest BCUT2D eigenvalue weighted by atomic mass is 10.2. The number of fused-ring (bicyclic) bond motifs is 1. The van der Waals surface area contributed by atoms with Gasteiger partial charge in [0.15, 0.2) is 0 Å². The van der Waals surface area contributed by atoms with Crippen LogP contribution in [0, 0.1) is 0 Å². The fourth-order valence-corrected chi connectivity index (χ4v) is 2.19. The first-order valence-corrected chi connectivity index (χ1v) is 6.05. The Bertz CT molecular complexity index is 610. The molecule has 3 rings (SSSR count). The van der Waals surface area contributed by atoms with Crippen molar-refractivity contribution in [1.82, 2.24) is 4.98 Å². The van der Waals surface area contributed by atoms with Crippen molar-refractivity contribution in [2.75, 3.05) is 23.3 Å². The lowest BCUT2D eigenvalue weighted by Crippen LogP contribution is -2.30. The van der Waals surface area contributed by atoms with Gasteiger partial charge in [0.1, 0.15) is 5.82 Å². The predicted molar refractivity (Wildman–Crippen MR) is 73.1 cm³/mol. The Kier molecular flexibility index (Phi) is 2.79. The smallest absolute Gasteiger partial charge is 0.337 e. The van der Waals surface area contributed by atoms with Crippen molar-refractivity contribution in [2.45, 2.75) is 0 Å². The van der Waals surface area contributed by atoms with Gasteiger partial charge in [-0.05, 0) is 24.3 Å². The highest BCUT2D eigenvalue weighted by Gasteiger charge is 2.18. The Morgan fingerprint density at radius 1 is 1.26 bits per heavy atom. The molecular formula is C14H13N3O2. The standard InChI is InChI=1S/C14H13N3O2/c18-14(19)10-5-6-13(16-9-10)17-8-7-15-11-3-1-2-4-12(11)17/h1-6,9,15H,7-8H2,(H,18,19). The van der Waals surface area contributed by atoms with Gasteiger partial charge in [-0.3, -0.25) is 0 Å². The van der Waals surface area contributed by atoms with Crippen molar-refractivity contribution in [3.05, 3.63) is 48.2 Å². The number of nitrogens with zero attached hydrogens (tertiary/aromatic N) is 2. The Labute approximate surface area is 110 Å². The quantitative estimate of drug-likeness (QED) is 0.862. The molecule has 1 aromatic carbocycles. The normalized spacial score (nSPS) is 13.6. The van der Waals surface area contributed by atoms with E-state index in [-0.39, 0.29) is 5.56 Å². The van der Waals surface area contributed by atoms with Gasteiger partial charge in [0, 0.05) is 19.3 Å². The van der Waals surface area contributed by atoms with Crippen LogP contribution in [0.25, 0.3) is 0 Å². The van der Waals surface area contributed by atoms with Crippen LogP contribution in [0.2, 0.25) is 0 Å². The molecule has 0 unspecified atom stereocenters. The van der Waals surface area contributed by atoms with E-state index in [0.29, 0.717) is 0 Å². The maximum absolute atomic E-state index is 10.8. The molecule has 0 bridgehead atoms. The highest BCUT2D eigenvalue weighted by Crippen LogP contribution is 2.33. The van der Waals surface area contributed by atoms with Gasteiger partial charge < -0.3 is 15.3 Å². The minimum absolute atomic E-state index is 0.201. The number of benzene rings is 1. The third kappa shape index (κ3) is 2.10. The maximum Gasteiger partial charge on any atom is 0.337 e. The number of carboxylic acids is 1. The topological polar surface area (TPSA) is 65.5 Å². The average molecular weight is 255 g/mol. The molecule has 1 aromatic heterocycles. The van der Waals surface area contributed by atoms with Gasteiger partial charge in [-0.25, -0.2) is 9.78 Å². The molecule has 0 saturated heterocycles. The molecule has 0 saturated carbocycles. The Morgan fingerprint density at radius 2 is 2.11 bits per heavy atom. The lowest BCUT2D eigenvalue weighted by molar-refractivity contribution is 0.0696. The van der Waals surface area contributed by atoms with E-state index in [2.05, 4.69) is 15.2 Å². The molecule has 1 aliphatic heterocycles. The number of aromatic carboxylic acids is 1. The van der Waals surface area contributed by atoms with Gasteiger partial charge in [-0.15, -0.1) is 0 Å². The van der Waals surface area contributed by atoms with Crippen molar-refractivity contribution in [3.63, 3.8) is 0 Å². The van der Waals surface area contributed by atoms with Crippen molar-refractivity contribution < 1.29 is 9.90 Å². The van der Waals surface area contributed by atoms with E-state index in [0.717, 1.165) is 30.3 Å². The van der Waals surface area contributed by atoms with Crippen molar-refractivity contribution in [2.24, 2.45) is 0 Å². The van der Waals surface area contributed by atoms with Crippen LogP contribution in [-0.4, -0.2) is 29.1 Å². The summed E-state index contributed by atoms with van der Waals surface area (Å²) >= 11 is 0. The van der Waals surface area contributed by atoms with Crippen LogP contribution in [0.1, 0.15) is 10.4 Å². The van der Waals surface area contributed by atoms with Crippen molar-refractivity contribution in [1.29, 1.82) is 0 Å². The number of para-hydroxylation sites is 2. The molecule has 0 atom stereocenters. The van der Waals surface area contributed by atoms with E-state index < -0.39 is 5.97 Å². The third-order valence-corrected chi connectivity index (χ3v) is 3.12. The largest absolute Gasteiger partial charge is 0.478 e. The summed E-state index contributed by atoms with van der Waals surface area (Å²) in [5, 5.41) is 12.2. The van der Waals surface area contributed by atoms with Crippen LogP contribution >= 0.6 is 0 Å². The van der Waals surface area contributed by atoms with Crippen LogP contribution in [0.5, 0.6) is 0 Å². The van der Waals surface area contributed by atoms with Crippen LogP contribution < -0.4 is 10.2 Å². The zero-order chi connectivity index (χ0) is 13.2. The molecule has 0 aliphatic carbocycles. The number of aromatic nitrogens is 1. The van der Waals surface area contributed by atoms with E-state index in [1.54, 1.807) is 12.1 Å². The first kappa shape index (κ1) is 11.5. The van der Waals surface area contributed by atoms with E-state index in [1.165, 1.54) is 6.20 Å². The van der Waals surface area contributed by atoms with Crippen LogP contribution in [-0.2, 0) is 0 Å². The maximum atomic E-state index is 10.8. The molecule has 2 N–H and O–H groups in total. The highest BCUT2D eigenvalue weighted by molar-refractivity contribution is 5.87. The Balaban J connectivity index is 1.97. The van der Waals surface area contributed by atoms with Gasteiger partial charge in [0.25, 0.3) is 0 Å². The highest BCUT2D eigenvalue weighted by atomic mass is 16.4. The summed E-state index contributed by atoms with van der Waals surface area (Å²) in [4.78, 5) is 17.1. The molecule has 19 heavy (non-hydrogen) atoms. The number of hydrogen-bond donors (Lipinski definition) is 2. The van der Waals surface area contributed by atoms with Crippen molar-refractivity contribution >= 4 is 23.2 Å². The fourth-order valence-electron chi connectivity index (χ4n) is 2.19. The number of pyridine rings is 1. The first-order chi connectivity index (χ1) is 9.25. The van der Waals surface area contributed by atoms with Gasteiger partial charge in [-0.1, -0.05) is 12.1 Å². The second-order valence-electron chi connectivity index (χ2n) is 4.31. The second kappa shape index (κ2) is 4.61. The monoisotopic (exact) mass is 255 g/mol. The fraction of sp³-hybridized carbons (Fsp3) is 0.143. The minimum Gasteiger partial charge on any atom is -0.478 e. The minimum atomic E-state index is -0.959. The molecule has 0 fully saturated rings. The summed E-state index contributed by atoms with van der Waals surface area (Å²) < 4.78 is 0. The average Bonchev–Trinajstić information content (AvgIpc) is 2.47. The predicted octanol–water partition coefficient (Wildman–Crippen LogP) is 2.34. The summed E-state index contributed by atoms with van der Waals surface area (Å²) in [5.74, 6) is -0.196. The molecular weight excluding hydrogens is 242 g/mol. The molecule has 2 heterocycles. The summed E-state index contributed by atoms with van der Waals surface area (Å²) in [7, 11) is 0. The van der Waals surface area contributed by atoms with Gasteiger partial charge in [-0.2, -0.15) is 0 Å². The van der Waals surface area contributed by atoms with Gasteiger partial charge in [0.2, 0.25) is 0 Å². The lowest BCUT2D eigenvalue weighted by Gasteiger charge is -2.31. The molecule has 0 radical (unpaired) electrons. The molecule has 0 spiro atoms. The van der Waals surface area contributed by atoms with Gasteiger partial charge in [0.05, 0.1) is 16.9 Å². The zero-order valence-corrected chi connectivity index (χ0v) is 10.2. The van der Waals surface area contributed by atoms with Crippen LogP contribution in [0.4, 0.5) is 17.2 Å². The number of rotatable bonds is 2. The number of nitrogens with one attached hydrogen (secondary N) is 1. The Hall–Kier alpha value is -2.56. The van der Waals surface area contributed by atoms with E-state index in [4.69, 9.17) is 5.11 Å². The molecule has 5 nitrogen and oxygen atoms in total. The van der Waals surface area contributed by atoms with E-state index in [1.807, 2.05) is 24.3 Å². The summed E-state index contributed by atoms with van der Waals surface area (Å²) in [6.45, 7) is 1.63. The van der Waals surface area contributed by atoms with Crippen LogP contribution in [0.3, 0.4) is 0 Å². The molecule has 5 heteroatoms. The summed E-state index contributed by atoms with van der Waals surface area (Å²) in [5.41, 5.74) is 2.33. The third-order valence-electron chi connectivity index (χ3n) is 3.12. The Morgan fingerprint density at radius 3 is 2.84 bits per heavy atom. The number of anilines is 3. The number of carboxylic acid groups (broad SMARTS) is 1. The zero-order valence-electron chi connectivity index (χ0n) is 10.2. The molecule has 0 amide bonds. The van der Waals surface area contributed by atoms with Crippen molar-refractivity contribution in [3.8, 4) is 0 Å². The second-order valence-corrected chi connectivity index (χ2v) is 4.31. The number of hydrogen-bond acceptors (Lipinski definition) is 4.